The first kappa shape index (κ1) is 18.6. The van der Waals surface area contributed by atoms with E-state index in [0.29, 0.717) is 11.4 Å². The molecule has 29 heavy (non-hydrogen) atoms. The standard InChI is InChI=1S/C24H20N2O3/c1-15-6-10-17(11-7-15)21-20(22(27)18-12-8-16(2)9-13-18)23(28)24(29)26(21)19-5-3-4-14-25-19/h3-14,21,27H,1-2H3/t21-/m0/s1. The second-order valence-electron chi connectivity index (χ2n) is 7.13. The number of anilines is 1. The Hall–Kier alpha value is -3.73. The lowest BCUT2D eigenvalue weighted by molar-refractivity contribution is -0.132. The first-order valence-corrected chi connectivity index (χ1v) is 9.33. The van der Waals surface area contributed by atoms with Gasteiger partial charge in [-0.3, -0.25) is 14.5 Å². The molecule has 0 saturated carbocycles. The third-order valence-electron chi connectivity index (χ3n) is 5.06. The van der Waals surface area contributed by atoms with Crippen LogP contribution < -0.4 is 4.90 Å². The SMILES string of the molecule is Cc1ccc(C(O)=C2C(=O)C(=O)N(c3ccccn3)[C@H]2c2ccc(C)cc2)cc1. The zero-order valence-corrected chi connectivity index (χ0v) is 16.2. The van der Waals surface area contributed by atoms with Gasteiger partial charge in [0.2, 0.25) is 0 Å². The Kier molecular flexibility index (Phi) is 4.72. The van der Waals surface area contributed by atoms with E-state index < -0.39 is 17.7 Å². The smallest absolute Gasteiger partial charge is 0.301 e. The van der Waals surface area contributed by atoms with Crippen LogP contribution in [0.5, 0.6) is 0 Å². The van der Waals surface area contributed by atoms with E-state index in [4.69, 9.17) is 0 Å². The molecule has 5 nitrogen and oxygen atoms in total. The van der Waals surface area contributed by atoms with Gasteiger partial charge in [0, 0.05) is 11.8 Å². The monoisotopic (exact) mass is 384 g/mol. The Morgan fingerprint density at radius 2 is 1.52 bits per heavy atom. The lowest BCUT2D eigenvalue weighted by Crippen LogP contribution is -2.30. The molecule has 2 aromatic carbocycles. The van der Waals surface area contributed by atoms with Crippen LogP contribution in [0.2, 0.25) is 0 Å². The van der Waals surface area contributed by atoms with E-state index in [2.05, 4.69) is 4.98 Å². The Balaban J connectivity index is 1.94. The lowest BCUT2D eigenvalue weighted by atomic mass is 9.94. The molecule has 0 spiro atoms. The average Bonchev–Trinajstić information content (AvgIpc) is 3.00. The number of aliphatic hydroxyl groups excluding tert-OH is 1. The van der Waals surface area contributed by atoms with E-state index in [1.54, 1.807) is 36.5 Å². The summed E-state index contributed by atoms with van der Waals surface area (Å²) in [6.45, 7) is 3.90. The van der Waals surface area contributed by atoms with E-state index in [1.165, 1.54) is 4.90 Å². The van der Waals surface area contributed by atoms with E-state index in [1.807, 2.05) is 50.2 Å². The third kappa shape index (κ3) is 3.31. The van der Waals surface area contributed by atoms with Crippen molar-refractivity contribution in [3.63, 3.8) is 0 Å². The summed E-state index contributed by atoms with van der Waals surface area (Å²) in [4.78, 5) is 31.6. The van der Waals surface area contributed by atoms with Crippen LogP contribution >= 0.6 is 0 Å². The Bertz CT molecular complexity index is 1100. The molecule has 1 aliphatic heterocycles. The van der Waals surface area contributed by atoms with Crippen LogP contribution in [-0.4, -0.2) is 21.8 Å². The van der Waals surface area contributed by atoms with Gasteiger partial charge < -0.3 is 5.11 Å². The second-order valence-corrected chi connectivity index (χ2v) is 7.13. The number of aliphatic hydroxyl groups is 1. The maximum atomic E-state index is 13.0. The topological polar surface area (TPSA) is 70.5 Å². The molecular formula is C24H20N2O3. The van der Waals surface area contributed by atoms with E-state index >= 15 is 0 Å². The number of hydrogen-bond donors (Lipinski definition) is 1. The number of carbonyl (C=O) groups excluding carboxylic acids is 2. The minimum absolute atomic E-state index is 0.0633. The molecule has 1 fully saturated rings. The number of benzene rings is 2. The quantitative estimate of drug-likeness (QED) is 0.415. The van der Waals surface area contributed by atoms with Gasteiger partial charge in [0.05, 0.1) is 11.6 Å². The van der Waals surface area contributed by atoms with Gasteiger partial charge in [0.1, 0.15) is 11.6 Å². The second kappa shape index (κ2) is 7.36. The number of pyridine rings is 1. The van der Waals surface area contributed by atoms with Crippen LogP contribution in [0, 0.1) is 13.8 Å². The zero-order chi connectivity index (χ0) is 20.5. The van der Waals surface area contributed by atoms with Crippen molar-refractivity contribution in [1.29, 1.82) is 0 Å². The minimum Gasteiger partial charge on any atom is -0.507 e. The number of amides is 1. The normalized spacial score (nSPS) is 18.3. The van der Waals surface area contributed by atoms with Crippen LogP contribution in [-0.2, 0) is 9.59 Å². The Morgan fingerprint density at radius 1 is 0.897 bits per heavy atom. The van der Waals surface area contributed by atoms with Crippen molar-refractivity contribution in [3.8, 4) is 0 Å². The van der Waals surface area contributed by atoms with Crippen molar-refractivity contribution in [2.24, 2.45) is 0 Å². The van der Waals surface area contributed by atoms with Crippen LogP contribution in [0.15, 0.2) is 78.5 Å². The highest BCUT2D eigenvalue weighted by Crippen LogP contribution is 2.41. The highest BCUT2D eigenvalue weighted by Gasteiger charge is 2.47. The molecular weight excluding hydrogens is 364 g/mol. The van der Waals surface area contributed by atoms with Gasteiger partial charge in [0.15, 0.2) is 0 Å². The predicted octanol–water partition coefficient (Wildman–Crippen LogP) is 4.32. The molecule has 1 atom stereocenters. The largest absolute Gasteiger partial charge is 0.507 e. The van der Waals surface area contributed by atoms with E-state index in [0.717, 1.165) is 16.7 Å². The Labute approximate surface area is 169 Å². The summed E-state index contributed by atoms with van der Waals surface area (Å²) >= 11 is 0. The highest BCUT2D eigenvalue weighted by atomic mass is 16.3. The molecule has 144 valence electrons. The molecule has 1 N–H and O–H groups in total. The van der Waals surface area contributed by atoms with Crippen LogP contribution in [0.4, 0.5) is 5.82 Å². The fourth-order valence-corrected chi connectivity index (χ4v) is 3.50. The van der Waals surface area contributed by atoms with Gasteiger partial charge in [-0.25, -0.2) is 4.98 Å². The molecule has 1 amide bonds. The summed E-state index contributed by atoms with van der Waals surface area (Å²) in [5, 5.41) is 11.0. The molecule has 1 aromatic heterocycles. The van der Waals surface area contributed by atoms with E-state index in [-0.39, 0.29) is 11.3 Å². The maximum Gasteiger partial charge on any atom is 0.301 e. The molecule has 0 bridgehead atoms. The summed E-state index contributed by atoms with van der Waals surface area (Å²) in [5.74, 6) is -1.25. The van der Waals surface area contributed by atoms with Gasteiger partial charge in [-0.1, -0.05) is 65.7 Å². The van der Waals surface area contributed by atoms with Crippen molar-refractivity contribution < 1.29 is 14.7 Å². The molecule has 0 unspecified atom stereocenters. The number of ketones is 1. The summed E-state index contributed by atoms with van der Waals surface area (Å²) in [6.07, 6.45) is 1.57. The number of aromatic nitrogens is 1. The molecule has 1 saturated heterocycles. The number of carbonyl (C=O) groups is 2. The predicted molar refractivity (Wildman–Crippen MR) is 111 cm³/mol. The van der Waals surface area contributed by atoms with Crippen LogP contribution in [0.25, 0.3) is 5.76 Å². The molecule has 1 aliphatic rings. The maximum absolute atomic E-state index is 13.0. The molecule has 3 aromatic rings. The van der Waals surface area contributed by atoms with Gasteiger partial charge >= 0.3 is 5.91 Å². The fourth-order valence-electron chi connectivity index (χ4n) is 3.50. The summed E-state index contributed by atoms with van der Waals surface area (Å²) < 4.78 is 0. The molecule has 4 rings (SSSR count). The minimum atomic E-state index is -0.758. The number of hydrogen-bond acceptors (Lipinski definition) is 4. The van der Waals surface area contributed by atoms with Crippen molar-refractivity contribution >= 4 is 23.3 Å². The Morgan fingerprint density at radius 3 is 2.10 bits per heavy atom. The van der Waals surface area contributed by atoms with Gasteiger partial charge in [0.25, 0.3) is 5.78 Å². The van der Waals surface area contributed by atoms with Crippen molar-refractivity contribution in [3.05, 3.63) is 101 Å². The van der Waals surface area contributed by atoms with Crippen LogP contribution in [0.1, 0.15) is 28.3 Å². The summed E-state index contributed by atoms with van der Waals surface area (Å²) in [6, 6.07) is 19.2. The fraction of sp³-hybridized carbons (Fsp3) is 0.125. The molecule has 5 heteroatoms. The number of aryl methyl sites for hydroxylation is 2. The number of nitrogens with zero attached hydrogens (tertiary/aromatic N) is 2. The van der Waals surface area contributed by atoms with Crippen LogP contribution in [0.3, 0.4) is 0 Å². The average molecular weight is 384 g/mol. The number of rotatable bonds is 3. The van der Waals surface area contributed by atoms with Crippen molar-refractivity contribution in [1.82, 2.24) is 4.98 Å². The number of Topliss-reactive ketones (excluding diaryl/α,β-unsaturated/α-hetero) is 1. The first-order chi connectivity index (χ1) is 14.0. The van der Waals surface area contributed by atoms with Crippen molar-refractivity contribution in [2.75, 3.05) is 4.90 Å². The summed E-state index contributed by atoms with van der Waals surface area (Å²) in [5.41, 5.74) is 3.38. The van der Waals surface area contributed by atoms with E-state index in [9.17, 15) is 14.7 Å². The third-order valence-corrected chi connectivity index (χ3v) is 5.06. The highest BCUT2D eigenvalue weighted by molar-refractivity contribution is 6.51. The zero-order valence-electron chi connectivity index (χ0n) is 16.2. The van der Waals surface area contributed by atoms with Gasteiger partial charge in [-0.05, 0) is 31.5 Å². The summed E-state index contributed by atoms with van der Waals surface area (Å²) in [7, 11) is 0. The van der Waals surface area contributed by atoms with Gasteiger partial charge in [-0.2, -0.15) is 0 Å². The van der Waals surface area contributed by atoms with Gasteiger partial charge in [-0.15, -0.1) is 0 Å². The molecule has 0 radical (unpaired) electrons. The molecule has 0 aliphatic carbocycles. The lowest BCUT2D eigenvalue weighted by Gasteiger charge is -2.24. The van der Waals surface area contributed by atoms with Crippen molar-refractivity contribution in [2.45, 2.75) is 19.9 Å². The molecule has 2 heterocycles. The first-order valence-electron chi connectivity index (χ1n) is 9.33.